The molecule has 0 aliphatic carbocycles. The molecule has 2 aromatic carbocycles. The Balaban J connectivity index is 1.69. The number of hydrogen-bond donors (Lipinski definition) is 0. The standard InChI is InChI=1S/C24H21IN2O5S/c1-31-20-10-5-15(12-21(20)32-2)23(29)26(14-18-4-3-11-33-18)19-13-22(28)27(24(19)30)17-8-6-16(25)7-9-17/h3-12,19H,13-14H2,1-2H3. The lowest BCUT2D eigenvalue weighted by Crippen LogP contribution is -2.45. The molecule has 1 atom stereocenters. The van der Waals surface area contributed by atoms with Gasteiger partial charge in [-0.25, -0.2) is 4.90 Å². The van der Waals surface area contributed by atoms with Crippen LogP contribution in [0.15, 0.2) is 60.0 Å². The first kappa shape index (κ1) is 23.2. The second kappa shape index (κ2) is 9.92. The molecular weight excluding hydrogens is 555 g/mol. The summed E-state index contributed by atoms with van der Waals surface area (Å²) in [6, 6.07) is 14.9. The van der Waals surface area contributed by atoms with E-state index in [9.17, 15) is 14.4 Å². The van der Waals surface area contributed by atoms with Crippen LogP contribution in [0, 0.1) is 3.57 Å². The maximum absolute atomic E-state index is 13.6. The number of hydrogen-bond acceptors (Lipinski definition) is 6. The molecule has 1 aliphatic heterocycles. The topological polar surface area (TPSA) is 76.2 Å². The second-order valence-electron chi connectivity index (χ2n) is 7.35. The number of carbonyl (C=O) groups excluding carboxylic acids is 3. The fraction of sp³-hybridized carbons (Fsp3) is 0.208. The zero-order valence-corrected chi connectivity index (χ0v) is 21.0. The molecule has 4 rings (SSSR count). The van der Waals surface area contributed by atoms with E-state index in [2.05, 4.69) is 22.6 Å². The number of benzene rings is 2. The van der Waals surface area contributed by atoms with E-state index < -0.39 is 11.9 Å². The maximum Gasteiger partial charge on any atom is 0.257 e. The highest BCUT2D eigenvalue weighted by molar-refractivity contribution is 14.1. The number of halogens is 1. The first-order chi connectivity index (χ1) is 15.9. The van der Waals surface area contributed by atoms with E-state index in [-0.39, 0.29) is 24.8 Å². The van der Waals surface area contributed by atoms with Crippen LogP contribution in [0.5, 0.6) is 11.5 Å². The number of imide groups is 1. The summed E-state index contributed by atoms with van der Waals surface area (Å²) in [6.45, 7) is 0.217. The molecule has 7 nitrogen and oxygen atoms in total. The molecular formula is C24H21IN2O5S. The van der Waals surface area contributed by atoms with Gasteiger partial charge in [0.05, 0.1) is 32.9 Å². The molecule has 0 bridgehead atoms. The van der Waals surface area contributed by atoms with Crippen LogP contribution in [0.3, 0.4) is 0 Å². The summed E-state index contributed by atoms with van der Waals surface area (Å²) in [7, 11) is 3.01. The first-order valence-corrected chi connectivity index (χ1v) is 12.1. The van der Waals surface area contributed by atoms with Gasteiger partial charge in [-0.2, -0.15) is 0 Å². The Labute approximate surface area is 209 Å². The Bertz CT molecular complexity index is 1180. The van der Waals surface area contributed by atoms with Crippen molar-refractivity contribution in [1.29, 1.82) is 0 Å². The summed E-state index contributed by atoms with van der Waals surface area (Å²) in [4.78, 5) is 43.4. The van der Waals surface area contributed by atoms with Crippen molar-refractivity contribution < 1.29 is 23.9 Å². The van der Waals surface area contributed by atoms with E-state index in [1.54, 1.807) is 30.3 Å². The molecule has 2 heterocycles. The van der Waals surface area contributed by atoms with Gasteiger partial charge in [0.25, 0.3) is 11.8 Å². The van der Waals surface area contributed by atoms with E-state index >= 15 is 0 Å². The normalized spacial score (nSPS) is 15.6. The van der Waals surface area contributed by atoms with Crippen LogP contribution in [0.1, 0.15) is 21.7 Å². The minimum atomic E-state index is -0.903. The Morgan fingerprint density at radius 3 is 2.45 bits per heavy atom. The lowest BCUT2D eigenvalue weighted by Gasteiger charge is -2.27. The number of anilines is 1. The maximum atomic E-state index is 13.6. The molecule has 170 valence electrons. The monoisotopic (exact) mass is 576 g/mol. The molecule has 3 aromatic rings. The van der Waals surface area contributed by atoms with Crippen LogP contribution >= 0.6 is 33.9 Å². The zero-order valence-electron chi connectivity index (χ0n) is 18.0. The fourth-order valence-electron chi connectivity index (χ4n) is 3.75. The molecule has 0 spiro atoms. The number of ether oxygens (including phenoxy) is 2. The summed E-state index contributed by atoms with van der Waals surface area (Å²) < 4.78 is 11.6. The van der Waals surface area contributed by atoms with Gasteiger partial charge in [0.1, 0.15) is 6.04 Å². The highest BCUT2D eigenvalue weighted by Crippen LogP contribution is 2.31. The number of thiophene rings is 1. The van der Waals surface area contributed by atoms with Crippen molar-refractivity contribution in [3.8, 4) is 11.5 Å². The van der Waals surface area contributed by atoms with Gasteiger partial charge in [0.2, 0.25) is 5.91 Å². The highest BCUT2D eigenvalue weighted by Gasteiger charge is 2.44. The molecule has 9 heteroatoms. The molecule has 0 radical (unpaired) electrons. The molecule has 1 aliphatic rings. The quantitative estimate of drug-likeness (QED) is 0.309. The Morgan fingerprint density at radius 2 is 1.82 bits per heavy atom. The molecule has 0 saturated carbocycles. The van der Waals surface area contributed by atoms with Gasteiger partial charge < -0.3 is 14.4 Å². The van der Waals surface area contributed by atoms with Crippen LogP contribution in [-0.4, -0.2) is 42.9 Å². The highest BCUT2D eigenvalue weighted by atomic mass is 127. The predicted molar refractivity (Wildman–Crippen MR) is 134 cm³/mol. The van der Waals surface area contributed by atoms with E-state index in [0.717, 1.165) is 8.45 Å². The van der Waals surface area contributed by atoms with Crippen molar-refractivity contribution in [2.75, 3.05) is 19.1 Å². The second-order valence-corrected chi connectivity index (χ2v) is 9.62. The number of amides is 3. The van der Waals surface area contributed by atoms with Crippen molar-refractivity contribution >= 4 is 57.3 Å². The van der Waals surface area contributed by atoms with Crippen molar-refractivity contribution in [2.24, 2.45) is 0 Å². The third-order valence-electron chi connectivity index (χ3n) is 5.38. The molecule has 1 aromatic heterocycles. The fourth-order valence-corrected chi connectivity index (χ4v) is 4.81. The van der Waals surface area contributed by atoms with E-state index in [1.807, 2.05) is 29.6 Å². The average Bonchev–Trinajstić information content (AvgIpc) is 3.44. The number of carbonyl (C=O) groups is 3. The van der Waals surface area contributed by atoms with E-state index in [1.165, 1.54) is 35.4 Å². The van der Waals surface area contributed by atoms with Gasteiger partial charge in [-0.3, -0.25) is 14.4 Å². The molecule has 3 amide bonds. The zero-order chi connectivity index (χ0) is 23.5. The van der Waals surface area contributed by atoms with Crippen molar-refractivity contribution in [1.82, 2.24) is 4.90 Å². The molecule has 1 saturated heterocycles. The summed E-state index contributed by atoms with van der Waals surface area (Å²) in [5, 5.41) is 1.91. The molecule has 0 N–H and O–H groups in total. The average molecular weight is 576 g/mol. The number of nitrogens with zero attached hydrogens (tertiary/aromatic N) is 2. The summed E-state index contributed by atoms with van der Waals surface area (Å²) in [5.41, 5.74) is 0.847. The third kappa shape index (κ3) is 4.74. The predicted octanol–water partition coefficient (Wildman–Crippen LogP) is 4.34. The number of rotatable bonds is 7. The smallest absolute Gasteiger partial charge is 0.257 e. The minimum absolute atomic E-state index is 0.0742. The van der Waals surface area contributed by atoms with Crippen LogP contribution in [0.2, 0.25) is 0 Å². The largest absolute Gasteiger partial charge is 0.493 e. The van der Waals surface area contributed by atoms with Gasteiger partial charge in [0.15, 0.2) is 11.5 Å². The van der Waals surface area contributed by atoms with Crippen molar-refractivity contribution in [2.45, 2.75) is 19.0 Å². The van der Waals surface area contributed by atoms with Gasteiger partial charge >= 0.3 is 0 Å². The summed E-state index contributed by atoms with van der Waals surface area (Å²) in [5.74, 6) is -0.196. The van der Waals surface area contributed by atoms with Crippen molar-refractivity contribution in [3.63, 3.8) is 0 Å². The van der Waals surface area contributed by atoms with Crippen LogP contribution in [0.25, 0.3) is 0 Å². The van der Waals surface area contributed by atoms with Gasteiger partial charge in [-0.05, 0) is 76.5 Å². The third-order valence-corrected chi connectivity index (χ3v) is 6.96. The van der Waals surface area contributed by atoms with Crippen molar-refractivity contribution in [3.05, 3.63) is 74.0 Å². The first-order valence-electron chi connectivity index (χ1n) is 10.1. The molecule has 33 heavy (non-hydrogen) atoms. The van der Waals surface area contributed by atoms with Crippen LogP contribution in [-0.2, 0) is 16.1 Å². The summed E-state index contributed by atoms with van der Waals surface area (Å²) in [6.07, 6.45) is -0.0742. The van der Waals surface area contributed by atoms with E-state index in [4.69, 9.17) is 9.47 Å². The van der Waals surface area contributed by atoms with Gasteiger partial charge in [-0.1, -0.05) is 6.07 Å². The van der Waals surface area contributed by atoms with Gasteiger partial charge in [0, 0.05) is 14.0 Å². The van der Waals surface area contributed by atoms with E-state index in [0.29, 0.717) is 22.7 Å². The number of methoxy groups -OCH3 is 2. The SMILES string of the molecule is COc1ccc(C(=O)N(Cc2cccs2)C2CC(=O)N(c3ccc(I)cc3)C2=O)cc1OC. The lowest BCUT2D eigenvalue weighted by molar-refractivity contribution is -0.122. The van der Waals surface area contributed by atoms with Crippen LogP contribution < -0.4 is 14.4 Å². The Hall–Kier alpha value is -2.92. The Kier molecular flexibility index (Phi) is 6.99. The Morgan fingerprint density at radius 1 is 1.09 bits per heavy atom. The molecule has 1 unspecified atom stereocenters. The lowest BCUT2D eigenvalue weighted by atomic mass is 10.1. The molecule has 1 fully saturated rings. The summed E-state index contributed by atoms with van der Waals surface area (Å²) >= 11 is 3.65. The minimum Gasteiger partial charge on any atom is -0.493 e. The van der Waals surface area contributed by atoms with Gasteiger partial charge in [-0.15, -0.1) is 11.3 Å². The van der Waals surface area contributed by atoms with Crippen LogP contribution in [0.4, 0.5) is 5.69 Å².